The Morgan fingerprint density at radius 3 is 1.98 bits per heavy atom. The molecule has 51 heavy (non-hydrogen) atoms. The van der Waals surface area contributed by atoms with Gasteiger partial charge in [-0.05, 0) is 61.3 Å². The van der Waals surface area contributed by atoms with Crippen LogP contribution in [0.1, 0.15) is 88.5 Å². The summed E-state index contributed by atoms with van der Waals surface area (Å²) in [4.78, 5) is 36.8. The van der Waals surface area contributed by atoms with Crippen molar-refractivity contribution in [3.63, 3.8) is 0 Å². The lowest BCUT2D eigenvalue weighted by atomic mass is 9.87. The quantitative estimate of drug-likeness (QED) is 0.0865. The van der Waals surface area contributed by atoms with Crippen LogP contribution in [0.15, 0.2) is 49.4 Å². The zero-order valence-electron chi connectivity index (χ0n) is 29.4. The van der Waals surface area contributed by atoms with Gasteiger partial charge < -0.3 is 24.7 Å². The summed E-state index contributed by atoms with van der Waals surface area (Å²) in [5, 5.41) is 10.4. The predicted octanol–water partition coefficient (Wildman–Crippen LogP) is 7.90. The second-order valence-corrected chi connectivity index (χ2v) is 13.5. The standard InChI is InChI=1S/C35H46F6N6O4/c1-7-23(20-45(6)42)24-17-43-31(44-18-24)46(19-22-12-25(34(36,37)38)14-26(13-22)35(39,40)41)29-15-27(8-2)47(28(9-3)16-29)32(50)51-21-33(4,5)11-10-30(48)49/h7,12-14,17-18,20,27-29H,1,8-11,15-16,19,21,42H2,2-6H3,(H,48,49)/b23-20+/t27-,28+,29?. The summed E-state index contributed by atoms with van der Waals surface area (Å²) in [5.74, 6) is 4.85. The number of benzene rings is 1. The van der Waals surface area contributed by atoms with Crippen molar-refractivity contribution in [2.24, 2.45) is 11.3 Å². The van der Waals surface area contributed by atoms with E-state index in [4.69, 9.17) is 15.7 Å². The molecule has 10 nitrogen and oxygen atoms in total. The first kappa shape index (κ1) is 41.1. The number of hydrogen-bond donors (Lipinski definition) is 2. The molecule has 3 rings (SSSR count). The number of rotatable bonds is 14. The van der Waals surface area contributed by atoms with Crippen molar-refractivity contribution in [3.05, 3.63) is 71.7 Å². The number of halogens is 6. The van der Waals surface area contributed by atoms with Crippen LogP contribution in [-0.4, -0.2) is 68.8 Å². The van der Waals surface area contributed by atoms with Crippen LogP contribution in [0.5, 0.6) is 0 Å². The number of aromatic nitrogens is 2. The highest BCUT2D eigenvalue weighted by Gasteiger charge is 2.42. The molecule has 0 bridgehead atoms. The van der Waals surface area contributed by atoms with Crippen LogP contribution in [0.2, 0.25) is 0 Å². The number of ether oxygens (including phenoxy) is 1. The Balaban J connectivity index is 2.04. The Labute approximate surface area is 293 Å². The molecule has 282 valence electrons. The first-order valence-electron chi connectivity index (χ1n) is 16.5. The Hall–Kier alpha value is -4.34. The summed E-state index contributed by atoms with van der Waals surface area (Å²) in [5.41, 5.74) is -2.62. The number of carbonyl (C=O) groups excluding carboxylic acids is 1. The molecule has 1 fully saturated rings. The van der Waals surface area contributed by atoms with Crippen LogP contribution in [0.3, 0.4) is 0 Å². The van der Waals surface area contributed by atoms with Gasteiger partial charge in [0.25, 0.3) is 0 Å². The van der Waals surface area contributed by atoms with Crippen molar-refractivity contribution in [1.82, 2.24) is 19.9 Å². The number of amides is 1. The summed E-state index contributed by atoms with van der Waals surface area (Å²) in [6, 6.07) is 0.152. The highest BCUT2D eigenvalue weighted by atomic mass is 19.4. The minimum Gasteiger partial charge on any atom is -0.481 e. The average molecular weight is 729 g/mol. The molecule has 1 amide bonds. The molecule has 3 N–H and O–H groups in total. The van der Waals surface area contributed by atoms with Crippen LogP contribution in [-0.2, 0) is 28.4 Å². The van der Waals surface area contributed by atoms with Crippen molar-refractivity contribution in [2.75, 3.05) is 18.6 Å². The van der Waals surface area contributed by atoms with Crippen LogP contribution in [0.25, 0.3) is 5.57 Å². The molecule has 2 aromatic rings. The lowest BCUT2D eigenvalue weighted by molar-refractivity contribution is -0.143. The van der Waals surface area contributed by atoms with Gasteiger partial charge in [0.05, 0.1) is 17.7 Å². The van der Waals surface area contributed by atoms with Gasteiger partial charge in [0.15, 0.2) is 0 Å². The van der Waals surface area contributed by atoms with Gasteiger partial charge in [-0.3, -0.25) is 4.79 Å². The fourth-order valence-electron chi connectivity index (χ4n) is 6.13. The molecule has 2 heterocycles. The predicted molar refractivity (Wildman–Crippen MR) is 180 cm³/mol. The molecule has 0 radical (unpaired) electrons. The summed E-state index contributed by atoms with van der Waals surface area (Å²) in [7, 11) is 1.60. The monoisotopic (exact) mass is 728 g/mol. The number of piperidine rings is 1. The number of carbonyl (C=O) groups is 2. The molecule has 0 spiro atoms. The third-order valence-corrected chi connectivity index (χ3v) is 8.86. The van der Waals surface area contributed by atoms with E-state index in [0.29, 0.717) is 42.5 Å². The molecule has 3 atom stereocenters. The zero-order chi connectivity index (χ0) is 38.3. The Morgan fingerprint density at radius 1 is 1.02 bits per heavy atom. The number of likely N-dealkylation sites (tertiary alicyclic amines) is 1. The number of hydrazine groups is 1. The van der Waals surface area contributed by atoms with E-state index >= 15 is 0 Å². The molecule has 1 saturated heterocycles. The normalized spacial score (nSPS) is 18.7. The number of carboxylic acids is 1. The summed E-state index contributed by atoms with van der Waals surface area (Å²) in [6.45, 7) is 10.7. The van der Waals surface area contributed by atoms with Gasteiger partial charge in [-0.25, -0.2) is 20.6 Å². The largest absolute Gasteiger partial charge is 0.481 e. The van der Waals surface area contributed by atoms with Crippen LogP contribution < -0.4 is 10.7 Å². The Kier molecular flexibility index (Phi) is 13.5. The van der Waals surface area contributed by atoms with Gasteiger partial charge in [-0.15, -0.1) is 0 Å². The van der Waals surface area contributed by atoms with Crippen LogP contribution in [0, 0.1) is 5.41 Å². The summed E-state index contributed by atoms with van der Waals surface area (Å²) >= 11 is 0. The van der Waals surface area contributed by atoms with Crippen LogP contribution in [0.4, 0.5) is 37.1 Å². The van der Waals surface area contributed by atoms with Crippen molar-refractivity contribution in [2.45, 2.75) is 103 Å². The minimum absolute atomic E-state index is 0.0175. The fraction of sp³-hybridized carbons (Fsp3) is 0.543. The van der Waals surface area contributed by atoms with E-state index in [0.717, 1.165) is 0 Å². The smallest absolute Gasteiger partial charge is 0.416 e. The Morgan fingerprint density at radius 2 is 1.55 bits per heavy atom. The van der Waals surface area contributed by atoms with E-state index in [9.17, 15) is 35.9 Å². The Bertz CT molecular complexity index is 1500. The second-order valence-electron chi connectivity index (χ2n) is 13.5. The van der Waals surface area contributed by atoms with Crippen molar-refractivity contribution < 1.29 is 45.8 Å². The number of alkyl halides is 6. The molecular formula is C35H46F6N6O4. The molecule has 16 heteroatoms. The maximum Gasteiger partial charge on any atom is 0.416 e. The second kappa shape index (κ2) is 16.8. The zero-order valence-corrected chi connectivity index (χ0v) is 29.4. The number of allylic oxidation sites excluding steroid dienone is 2. The third kappa shape index (κ3) is 11.3. The van der Waals surface area contributed by atoms with Crippen molar-refractivity contribution in [3.8, 4) is 0 Å². The number of nitrogens with two attached hydrogens (primary N) is 1. The number of hydrogen-bond acceptors (Lipinski definition) is 8. The first-order valence-corrected chi connectivity index (χ1v) is 16.5. The SMILES string of the molecule is C=C/C(=C\N(C)N)c1cnc(N(Cc2cc(C(F)(F)F)cc(C(F)(F)F)c2)C2C[C@@H](CC)N(C(=O)OCC(C)(C)CCC(=O)O)[C@@H](CC)C2)nc1. The van der Waals surface area contributed by atoms with E-state index in [1.807, 2.05) is 13.8 Å². The molecule has 1 aliphatic heterocycles. The van der Waals surface area contributed by atoms with E-state index in [1.165, 1.54) is 23.5 Å². The van der Waals surface area contributed by atoms with Gasteiger partial charge in [0, 0.05) is 67.9 Å². The maximum atomic E-state index is 13.8. The number of anilines is 1. The summed E-state index contributed by atoms with van der Waals surface area (Å²) < 4.78 is 88.6. The third-order valence-electron chi connectivity index (χ3n) is 8.86. The van der Waals surface area contributed by atoms with Gasteiger partial charge in [0.1, 0.15) is 0 Å². The molecule has 1 aromatic heterocycles. The highest BCUT2D eigenvalue weighted by molar-refractivity contribution is 5.72. The number of carboxylic acid groups (broad SMARTS) is 1. The lowest BCUT2D eigenvalue weighted by Gasteiger charge is -2.47. The van der Waals surface area contributed by atoms with Gasteiger partial charge in [-0.1, -0.05) is 40.3 Å². The lowest BCUT2D eigenvalue weighted by Crippen LogP contribution is -2.57. The highest BCUT2D eigenvalue weighted by Crippen LogP contribution is 2.38. The molecule has 1 unspecified atom stereocenters. The maximum absolute atomic E-state index is 13.8. The molecular weight excluding hydrogens is 682 g/mol. The summed E-state index contributed by atoms with van der Waals surface area (Å²) in [6.07, 6.45) is -2.89. The van der Waals surface area contributed by atoms with Crippen molar-refractivity contribution in [1.29, 1.82) is 0 Å². The molecule has 1 aromatic carbocycles. The van der Waals surface area contributed by atoms with E-state index in [2.05, 4.69) is 16.5 Å². The average Bonchev–Trinajstić information content (AvgIpc) is 3.06. The molecule has 0 saturated carbocycles. The molecule has 1 aliphatic rings. The minimum atomic E-state index is -5.03. The van der Waals surface area contributed by atoms with Gasteiger partial charge in [-0.2, -0.15) is 26.3 Å². The van der Waals surface area contributed by atoms with E-state index in [1.54, 1.807) is 36.9 Å². The van der Waals surface area contributed by atoms with Gasteiger partial charge in [0.2, 0.25) is 5.95 Å². The van der Waals surface area contributed by atoms with Gasteiger partial charge >= 0.3 is 24.4 Å². The first-order chi connectivity index (χ1) is 23.7. The van der Waals surface area contributed by atoms with E-state index < -0.39 is 59.1 Å². The topological polar surface area (TPSA) is 125 Å². The fourth-order valence-corrected chi connectivity index (χ4v) is 6.13. The number of nitrogens with zero attached hydrogens (tertiary/aromatic N) is 5. The number of aliphatic carboxylic acids is 1. The molecule has 0 aliphatic carbocycles. The van der Waals surface area contributed by atoms with E-state index in [-0.39, 0.29) is 50.0 Å². The van der Waals surface area contributed by atoms with Crippen LogP contribution >= 0.6 is 0 Å². The van der Waals surface area contributed by atoms with Crippen molar-refractivity contribution >= 4 is 23.6 Å².